The lowest BCUT2D eigenvalue weighted by atomic mass is 10.0. The van der Waals surface area contributed by atoms with E-state index in [4.69, 9.17) is 11.6 Å². The molecule has 1 N–H and O–H groups in total. The second-order valence-corrected chi connectivity index (χ2v) is 6.53. The Bertz CT molecular complexity index is 761. The first-order chi connectivity index (χ1) is 10.6. The van der Waals surface area contributed by atoms with Crippen LogP contribution in [0.1, 0.15) is 36.6 Å². The molecular weight excluding hydrogens is 298 g/mol. The van der Waals surface area contributed by atoms with E-state index in [1.807, 2.05) is 25.1 Å². The van der Waals surface area contributed by atoms with Gasteiger partial charge < -0.3 is 5.32 Å². The molecule has 1 aromatic heterocycles. The normalized spacial score (nSPS) is 25.3. The number of para-hydroxylation sites is 1. The molecule has 3 heterocycles. The first-order valence-electron chi connectivity index (χ1n) is 7.77. The van der Waals surface area contributed by atoms with Crippen LogP contribution in [0.4, 0.5) is 0 Å². The molecule has 0 spiro atoms. The van der Waals surface area contributed by atoms with Crippen LogP contribution in [-0.2, 0) is 4.79 Å². The number of carbonyl (C=O) groups is 1. The number of aromatic nitrogens is 1. The molecule has 1 amide bonds. The molecule has 0 aliphatic carbocycles. The van der Waals surface area contributed by atoms with Crippen LogP contribution in [0.5, 0.6) is 0 Å². The largest absolute Gasteiger partial charge is 0.335 e. The third kappa shape index (κ3) is 2.09. The van der Waals surface area contributed by atoms with Gasteiger partial charge in [-0.05, 0) is 31.4 Å². The van der Waals surface area contributed by atoms with E-state index in [-0.39, 0.29) is 18.1 Å². The average molecular weight is 316 g/mol. The van der Waals surface area contributed by atoms with Gasteiger partial charge in [-0.2, -0.15) is 0 Å². The van der Waals surface area contributed by atoms with Gasteiger partial charge in [0.25, 0.3) is 0 Å². The van der Waals surface area contributed by atoms with Crippen molar-refractivity contribution in [3.63, 3.8) is 0 Å². The lowest BCUT2D eigenvalue weighted by Gasteiger charge is -2.31. The van der Waals surface area contributed by atoms with Gasteiger partial charge in [0.05, 0.1) is 11.6 Å². The third-order valence-corrected chi connectivity index (χ3v) is 5.08. The quantitative estimate of drug-likeness (QED) is 0.822. The zero-order chi connectivity index (χ0) is 15.3. The van der Waals surface area contributed by atoms with Crippen LogP contribution in [0.2, 0.25) is 5.15 Å². The predicted octanol–water partition coefficient (Wildman–Crippen LogP) is 3.18. The van der Waals surface area contributed by atoms with E-state index in [0.717, 1.165) is 47.8 Å². The van der Waals surface area contributed by atoms with Crippen molar-refractivity contribution in [2.45, 2.75) is 38.4 Å². The molecule has 22 heavy (non-hydrogen) atoms. The van der Waals surface area contributed by atoms with Gasteiger partial charge in [-0.15, -0.1) is 0 Å². The van der Waals surface area contributed by atoms with Gasteiger partial charge in [-0.1, -0.05) is 36.2 Å². The number of aryl methyl sites for hydroxylation is 1. The Morgan fingerprint density at radius 2 is 2.23 bits per heavy atom. The van der Waals surface area contributed by atoms with Crippen LogP contribution in [0.25, 0.3) is 10.9 Å². The first-order valence-corrected chi connectivity index (χ1v) is 8.15. The number of carbonyl (C=O) groups excluding carboxylic acids is 1. The number of rotatable bonds is 1. The molecule has 2 aliphatic heterocycles. The highest BCUT2D eigenvalue weighted by molar-refractivity contribution is 6.30. The van der Waals surface area contributed by atoms with Crippen molar-refractivity contribution >= 4 is 28.4 Å². The molecule has 2 aromatic rings. The highest BCUT2D eigenvalue weighted by Crippen LogP contribution is 2.36. The Hall–Kier alpha value is -1.65. The summed E-state index contributed by atoms with van der Waals surface area (Å²) >= 11 is 6.45. The van der Waals surface area contributed by atoms with Crippen molar-refractivity contribution in [2.75, 3.05) is 6.54 Å². The van der Waals surface area contributed by atoms with Gasteiger partial charge in [0.1, 0.15) is 11.3 Å². The van der Waals surface area contributed by atoms with Crippen LogP contribution in [0.15, 0.2) is 24.3 Å². The summed E-state index contributed by atoms with van der Waals surface area (Å²) in [6.45, 7) is 2.96. The second-order valence-electron chi connectivity index (χ2n) is 6.18. The summed E-state index contributed by atoms with van der Waals surface area (Å²) in [7, 11) is 0. The fraction of sp³-hybridized carbons (Fsp3) is 0.412. The molecule has 1 aromatic carbocycles. The number of halogens is 1. The fourth-order valence-electron chi connectivity index (χ4n) is 3.65. The summed E-state index contributed by atoms with van der Waals surface area (Å²) in [5.74, 6) is 0.116. The van der Waals surface area contributed by atoms with E-state index in [1.165, 1.54) is 0 Å². The van der Waals surface area contributed by atoms with E-state index < -0.39 is 0 Å². The molecule has 0 bridgehead atoms. The van der Waals surface area contributed by atoms with Crippen molar-refractivity contribution < 1.29 is 4.79 Å². The molecule has 2 unspecified atom stereocenters. The SMILES string of the molecule is Cc1cccc2cc(C3NC(=O)C4CCCCN43)c(Cl)nc12. The summed E-state index contributed by atoms with van der Waals surface area (Å²) in [6.07, 6.45) is 3.02. The van der Waals surface area contributed by atoms with E-state index in [2.05, 4.69) is 21.3 Å². The van der Waals surface area contributed by atoms with Crippen LogP contribution >= 0.6 is 11.6 Å². The molecule has 4 rings (SSSR count). The fourth-order valence-corrected chi connectivity index (χ4v) is 3.89. The number of fused-ring (bicyclic) bond motifs is 2. The third-order valence-electron chi connectivity index (χ3n) is 4.78. The van der Waals surface area contributed by atoms with Gasteiger partial charge in [0.15, 0.2) is 0 Å². The number of pyridine rings is 1. The topological polar surface area (TPSA) is 45.2 Å². The molecule has 0 saturated carbocycles. The van der Waals surface area contributed by atoms with Gasteiger partial charge in [0.2, 0.25) is 5.91 Å². The maximum Gasteiger partial charge on any atom is 0.238 e. The van der Waals surface area contributed by atoms with E-state index in [1.54, 1.807) is 0 Å². The molecule has 5 heteroatoms. The average Bonchev–Trinajstić information content (AvgIpc) is 2.85. The lowest BCUT2D eigenvalue weighted by Crippen LogP contribution is -2.38. The maximum atomic E-state index is 12.2. The summed E-state index contributed by atoms with van der Waals surface area (Å²) in [5.41, 5.74) is 2.94. The summed E-state index contributed by atoms with van der Waals surface area (Å²) in [5, 5.41) is 4.64. The Morgan fingerprint density at radius 1 is 1.36 bits per heavy atom. The molecule has 2 atom stereocenters. The molecular formula is C17H18ClN3O. The predicted molar refractivity (Wildman–Crippen MR) is 86.7 cm³/mol. The van der Waals surface area contributed by atoms with Crippen molar-refractivity contribution in [1.82, 2.24) is 15.2 Å². The van der Waals surface area contributed by atoms with Gasteiger partial charge in [0, 0.05) is 17.5 Å². The minimum atomic E-state index is -0.150. The van der Waals surface area contributed by atoms with Crippen molar-refractivity contribution in [2.24, 2.45) is 0 Å². The number of amides is 1. The molecule has 114 valence electrons. The van der Waals surface area contributed by atoms with E-state index in [0.29, 0.717) is 5.15 Å². The number of hydrogen-bond donors (Lipinski definition) is 1. The Balaban J connectivity index is 1.80. The summed E-state index contributed by atoms with van der Waals surface area (Å²) < 4.78 is 0. The highest BCUT2D eigenvalue weighted by atomic mass is 35.5. The lowest BCUT2D eigenvalue weighted by molar-refractivity contribution is -0.122. The van der Waals surface area contributed by atoms with Crippen molar-refractivity contribution in [3.8, 4) is 0 Å². The van der Waals surface area contributed by atoms with E-state index in [9.17, 15) is 4.79 Å². The zero-order valence-corrected chi connectivity index (χ0v) is 13.2. The van der Waals surface area contributed by atoms with Crippen LogP contribution < -0.4 is 5.32 Å². The van der Waals surface area contributed by atoms with Crippen LogP contribution in [-0.4, -0.2) is 28.4 Å². The Labute approximate surface area is 134 Å². The molecule has 0 radical (unpaired) electrons. The first kappa shape index (κ1) is 14.0. The highest BCUT2D eigenvalue weighted by Gasteiger charge is 2.42. The zero-order valence-electron chi connectivity index (χ0n) is 12.5. The van der Waals surface area contributed by atoms with Gasteiger partial charge in [-0.25, -0.2) is 4.98 Å². The summed E-state index contributed by atoms with van der Waals surface area (Å²) in [4.78, 5) is 19.0. The second kappa shape index (κ2) is 5.21. The number of nitrogens with zero attached hydrogens (tertiary/aromatic N) is 2. The molecule has 2 saturated heterocycles. The number of benzene rings is 1. The number of piperidine rings is 1. The number of nitrogens with one attached hydrogen (secondary N) is 1. The van der Waals surface area contributed by atoms with Gasteiger partial charge in [-0.3, -0.25) is 9.69 Å². The monoisotopic (exact) mass is 315 g/mol. The molecule has 4 nitrogen and oxygen atoms in total. The van der Waals surface area contributed by atoms with Gasteiger partial charge >= 0.3 is 0 Å². The smallest absolute Gasteiger partial charge is 0.238 e. The van der Waals surface area contributed by atoms with Crippen molar-refractivity contribution in [1.29, 1.82) is 0 Å². The van der Waals surface area contributed by atoms with Crippen molar-refractivity contribution in [3.05, 3.63) is 40.5 Å². The molecule has 2 aliphatic rings. The minimum Gasteiger partial charge on any atom is -0.335 e. The standard InChI is InChI=1S/C17H18ClN3O/c1-10-5-4-6-11-9-12(15(18)19-14(10)11)16-20-17(22)13-7-2-3-8-21(13)16/h4-6,9,13,16H,2-3,7-8H2,1H3,(H,20,22). The minimum absolute atomic E-state index is 0.0111. The Kier molecular flexibility index (Phi) is 3.31. The molecule has 2 fully saturated rings. The van der Waals surface area contributed by atoms with Crippen LogP contribution in [0, 0.1) is 6.92 Å². The number of hydrogen-bond acceptors (Lipinski definition) is 3. The summed E-state index contributed by atoms with van der Waals surface area (Å²) in [6, 6.07) is 8.15. The van der Waals surface area contributed by atoms with Crippen LogP contribution in [0.3, 0.4) is 0 Å². The maximum absolute atomic E-state index is 12.2. The Morgan fingerprint density at radius 3 is 3.09 bits per heavy atom. The van der Waals surface area contributed by atoms with E-state index >= 15 is 0 Å².